The van der Waals surface area contributed by atoms with E-state index in [9.17, 15) is 13.6 Å². The topological polar surface area (TPSA) is 47.6 Å². The Bertz CT molecular complexity index is 665. The van der Waals surface area contributed by atoms with Gasteiger partial charge in [0.15, 0.2) is 0 Å². The summed E-state index contributed by atoms with van der Waals surface area (Å²) < 4.78 is 33.8. The Kier molecular flexibility index (Phi) is 6.81. The van der Waals surface area contributed by atoms with E-state index in [-0.39, 0.29) is 24.7 Å². The van der Waals surface area contributed by atoms with Crippen LogP contribution in [0.3, 0.4) is 0 Å². The van der Waals surface area contributed by atoms with Crippen molar-refractivity contribution in [1.29, 1.82) is 0 Å². The summed E-state index contributed by atoms with van der Waals surface area (Å²) in [6.07, 6.45) is 0.194. The fourth-order valence-corrected chi connectivity index (χ4v) is 2.08. The largest absolute Gasteiger partial charge is 0.493 e. The van der Waals surface area contributed by atoms with Crippen LogP contribution in [0.1, 0.15) is 12.0 Å². The average molecular weight is 356 g/mol. The number of rotatable bonds is 8. The molecule has 0 heterocycles. The van der Waals surface area contributed by atoms with Crippen LogP contribution in [-0.2, 0) is 11.3 Å². The fraction of sp³-hybridized carbons (Fsp3) is 0.235. The van der Waals surface area contributed by atoms with Crippen LogP contribution in [0, 0.1) is 0 Å². The molecule has 2 rings (SSSR count). The molecule has 0 aliphatic carbocycles. The van der Waals surface area contributed by atoms with Gasteiger partial charge in [-0.25, -0.2) is 0 Å². The van der Waals surface area contributed by atoms with E-state index in [1.165, 1.54) is 12.1 Å². The van der Waals surface area contributed by atoms with Crippen LogP contribution in [0.5, 0.6) is 11.5 Å². The smallest absolute Gasteiger partial charge is 0.387 e. The van der Waals surface area contributed by atoms with Crippen LogP contribution in [-0.4, -0.2) is 19.1 Å². The van der Waals surface area contributed by atoms with Crippen LogP contribution in [0.15, 0.2) is 48.5 Å². The number of nitrogens with one attached hydrogen (secondary N) is 1. The maximum Gasteiger partial charge on any atom is 0.387 e. The minimum absolute atomic E-state index is 0.0787. The van der Waals surface area contributed by atoms with Gasteiger partial charge in [-0.3, -0.25) is 4.79 Å². The predicted octanol–water partition coefficient (Wildman–Crippen LogP) is 4.03. The summed E-state index contributed by atoms with van der Waals surface area (Å²) in [7, 11) is 0. The van der Waals surface area contributed by atoms with Gasteiger partial charge in [0.25, 0.3) is 0 Å². The van der Waals surface area contributed by atoms with Crippen LogP contribution in [0.4, 0.5) is 8.78 Å². The molecule has 0 fully saturated rings. The SMILES string of the molecule is O=C(CCOc1cccc(Cl)c1)NCc1ccc(OC(F)F)cc1. The second kappa shape index (κ2) is 9.08. The van der Waals surface area contributed by atoms with Gasteiger partial charge in [-0.1, -0.05) is 29.8 Å². The molecule has 0 spiro atoms. The van der Waals surface area contributed by atoms with E-state index in [1.807, 2.05) is 0 Å². The Labute approximate surface area is 143 Å². The molecule has 0 aliphatic heterocycles. The summed E-state index contributed by atoms with van der Waals surface area (Å²) in [6.45, 7) is -2.33. The van der Waals surface area contributed by atoms with E-state index in [2.05, 4.69) is 10.1 Å². The van der Waals surface area contributed by atoms with Gasteiger partial charge in [-0.15, -0.1) is 0 Å². The number of carbonyl (C=O) groups excluding carboxylic acids is 1. The van der Waals surface area contributed by atoms with Crippen LogP contribution < -0.4 is 14.8 Å². The predicted molar refractivity (Wildman–Crippen MR) is 86.5 cm³/mol. The highest BCUT2D eigenvalue weighted by atomic mass is 35.5. The van der Waals surface area contributed by atoms with Crippen molar-refractivity contribution in [2.45, 2.75) is 19.6 Å². The quantitative estimate of drug-likeness (QED) is 0.777. The van der Waals surface area contributed by atoms with Gasteiger partial charge in [-0.2, -0.15) is 8.78 Å². The zero-order valence-electron chi connectivity index (χ0n) is 12.7. The van der Waals surface area contributed by atoms with Gasteiger partial charge >= 0.3 is 6.61 Å². The lowest BCUT2D eigenvalue weighted by atomic mass is 10.2. The summed E-state index contributed by atoms with van der Waals surface area (Å²) in [4.78, 5) is 11.7. The first-order valence-electron chi connectivity index (χ1n) is 7.22. The number of ether oxygens (including phenoxy) is 2. The number of hydrogen-bond donors (Lipinski definition) is 1. The summed E-state index contributed by atoms with van der Waals surface area (Å²) >= 11 is 5.83. The Balaban J connectivity index is 1.69. The molecule has 1 N–H and O–H groups in total. The van der Waals surface area contributed by atoms with Crippen molar-refractivity contribution < 1.29 is 23.0 Å². The van der Waals surface area contributed by atoms with Crippen molar-refractivity contribution in [1.82, 2.24) is 5.32 Å². The summed E-state index contributed by atoms with van der Waals surface area (Å²) in [5, 5.41) is 3.29. The second-order valence-corrected chi connectivity index (χ2v) is 5.29. The van der Waals surface area contributed by atoms with Gasteiger partial charge in [-0.05, 0) is 35.9 Å². The third-order valence-corrected chi connectivity index (χ3v) is 3.27. The van der Waals surface area contributed by atoms with Crippen molar-refractivity contribution in [2.75, 3.05) is 6.61 Å². The van der Waals surface area contributed by atoms with Gasteiger partial charge in [0.05, 0.1) is 13.0 Å². The number of carbonyl (C=O) groups is 1. The van der Waals surface area contributed by atoms with E-state index >= 15 is 0 Å². The second-order valence-electron chi connectivity index (χ2n) is 4.86. The molecule has 0 radical (unpaired) electrons. The van der Waals surface area contributed by atoms with Crippen LogP contribution >= 0.6 is 11.6 Å². The fourth-order valence-electron chi connectivity index (χ4n) is 1.90. The molecule has 0 unspecified atom stereocenters. The number of alkyl halides is 2. The molecule has 7 heteroatoms. The minimum atomic E-state index is -2.85. The molecule has 0 aliphatic rings. The van der Waals surface area contributed by atoms with Gasteiger partial charge in [0.1, 0.15) is 11.5 Å². The van der Waals surface area contributed by atoms with Gasteiger partial charge < -0.3 is 14.8 Å². The third kappa shape index (κ3) is 6.42. The molecular formula is C17H16ClF2NO3. The van der Waals surface area contributed by atoms with E-state index in [4.69, 9.17) is 16.3 Å². The first kappa shape index (κ1) is 18.0. The van der Waals surface area contributed by atoms with Crippen molar-refractivity contribution in [3.63, 3.8) is 0 Å². The van der Waals surface area contributed by atoms with E-state index in [0.717, 1.165) is 5.56 Å². The lowest BCUT2D eigenvalue weighted by molar-refractivity contribution is -0.121. The number of benzene rings is 2. The highest BCUT2D eigenvalue weighted by molar-refractivity contribution is 6.30. The summed E-state index contributed by atoms with van der Waals surface area (Å²) in [6, 6.07) is 13.0. The number of halogens is 3. The number of amides is 1. The molecule has 1 amide bonds. The molecule has 0 saturated heterocycles. The van der Waals surface area contributed by atoms with Crippen LogP contribution in [0.25, 0.3) is 0 Å². The Morgan fingerprint density at radius 2 is 1.88 bits per heavy atom. The average Bonchev–Trinajstić information content (AvgIpc) is 2.54. The zero-order chi connectivity index (χ0) is 17.4. The van der Waals surface area contributed by atoms with Crippen molar-refractivity contribution in [3.8, 4) is 11.5 Å². The maximum atomic E-state index is 12.0. The van der Waals surface area contributed by atoms with E-state index in [1.54, 1.807) is 36.4 Å². The van der Waals surface area contributed by atoms with Gasteiger partial charge in [0, 0.05) is 11.6 Å². The minimum Gasteiger partial charge on any atom is -0.493 e. The van der Waals surface area contributed by atoms with Gasteiger partial charge in [0.2, 0.25) is 5.91 Å². The Morgan fingerprint density at radius 1 is 1.12 bits per heavy atom. The first-order chi connectivity index (χ1) is 11.5. The standard InChI is InChI=1S/C17H16ClF2NO3/c18-13-2-1-3-15(10-13)23-9-8-16(22)21-11-12-4-6-14(7-5-12)24-17(19)20/h1-7,10,17H,8-9,11H2,(H,21,22). The Hall–Kier alpha value is -2.34. The molecular weight excluding hydrogens is 340 g/mol. The van der Waals surface area contributed by atoms with Crippen molar-refractivity contribution in [2.24, 2.45) is 0 Å². The molecule has 2 aromatic rings. The highest BCUT2D eigenvalue weighted by Gasteiger charge is 2.05. The zero-order valence-corrected chi connectivity index (χ0v) is 13.4. The molecule has 0 bridgehead atoms. The molecule has 128 valence electrons. The Morgan fingerprint density at radius 3 is 2.54 bits per heavy atom. The van der Waals surface area contributed by atoms with Crippen LogP contribution in [0.2, 0.25) is 5.02 Å². The summed E-state index contributed by atoms with van der Waals surface area (Å²) in [5.74, 6) is 0.504. The lowest BCUT2D eigenvalue weighted by Gasteiger charge is -2.08. The maximum absolute atomic E-state index is 12.0. The number of hydrogen-bond acceptors (Lipinski definition) is 3. The molecule has 0 saturated carbocycles. The monoisotopic (exact) mass is 355 g/mol. The third-order valence-electron chi connectivity index (χ3n) is 3.03. The highest BCUT2D eigenvalue weighted by Crippen LogP contribution is 2.17. The van der Waals surface area contributed by atoms with E-state index < -0.39 is 6.61 Å². The van der Waals surface area contributed by atoms with Crippen molar-refractivity contribution >= 4 is 17.5 Å². The van der Waals surface area contributed by atoms with Crippen molar-refractivity contribution in [3.05, 3.63) is 59.1 Å². The molecule has 2 aromatic carbocycles. The molecule has 0 aromatic heterocycles. The molecule has 4 nitrogen and oxygen atoms in total. The molecule has 0 atom stereocenters. The van der Waals surface area contributed by atoms with E-state index in [0.29, 0.717) is 17.3 Å². The molecule has 24 heavy (non-hydrogen) atoms. The first-order valence-corrected chi connectivity index (χ1v) is 7.59. The summed E-state index contributed by atoms with van der Waals surface area (Å²) in [5.41, 5.74) is 0.778. The lowest BCUT2D eigenvalue weighted by Crippen LogP contribution is -2.24. The normalized spacial score (nSPS) is 10.5.